The molecule has 0 aromatic rings. The molecule has 38 heavy (non-hydrogen) atoms. The fourth-order valence-electron chi connectivity index (χ4n) is 4.78. The molecule has 0 aliphatic carbocycles. The van der Waals surface area contributed by atoms with E-state index in [0.717, 1.165) is 0 Å². The van der Waals surface area contributed by atoms with Crippen LogP contribution in [-0.2, 0) is 38.2 Å². The minimum atomic E-state index is -1.05. The van der Waals surface area contributed by atoms with Crippen molar-refractivity contribution in [3.8, 4) is 0 Å². The molecule has 2 heterocycles. The van der Waals surface area contributed by atoms with Gasteiger partial charge >= 0.3 is 11.9 Å². The minimum absolute atomic E-state index is 0.0677. The van der Waals surface area contributed by atoms with Crippen molar-refractivity contribution in [3.63, 3.8) is 0 Å². The van der Waals surface area contributed by atoms with Gasteiger partial charge in [0.05, 0.1) is 0 Å². The van der Waals surface area contributed by atoms with E-state index in [1.807, 2.05) is 0 Å². The quantitative estimate of drug-likeness (QED) is 0.255. The number of unbranched alkanes of at least 4 members (excludes halogenated alkanes) is 1. The molecule has 3 N–H and O–H groups in total. The Kier molecular flexibility index (Phi) is 12.0. The van der Waals surface area contributed by atoms with E-state index >= 15 is 0 Å². The smallest absolute Gasteiger partial charge is 0.329 e. The zero-order chi connectivity index (χ0) is 28.4. The standard InChI is InChI=1S/C26H42N4O8/c1-16(2)23(24(27)34)38-26(36)19-10-8-14-30(19)22(33)12-6-5-11-21(32)29-13-7-9-18(29)25(35)37-15-20(31)28-17(3)4/h16-19,23H,5-15H2,1-4H3,(H2,27,34)(H,28,31)/t18-,19-,23?/m1/s1. The molecule has 12 heteroatoms. The average Bonchev–Trinajstić information content (AvgIpc) is 3.52. The number of primary amides is 1. The Morgan fingerprint density at radius 1 is 0.842 bits per heavy atom. The molecule has 12 nitrogen and oxygen atoms in total. The summed E-state index contributed by atoms with van der Waals surface area (Å²) in [5.74, 6) is -3.02. The predicted molar refractivity (Wildman–Crippen MR) is 136 cm³/mol. The summed E-state index contributed by atoms with van der Waals surface area (Å²) in [4.78, 5) is 76.9. The van der Waals surface area contributed by atoms with Crippen molar-refractivity contribution < 1.29 is 38.2 Å². The van der Waals surface area contributed by atoms with Crippen LogP contribution in [0.2, 0.25) is 0 Å². The van der Waals surface area contributed by atoms with Gasteiger partial charge in [-0.15, -0.1) is 0 Å². The summed E-state index contributed by atoms with van der Waals surface area (Å²) in [5.41, 5.74) is 5.33. The highest BCUT2D eigenvalue weighted by Gasteiger charge is 2.38. The van der Waals surface area contributed by atoms with Gasteiger partial charge in [-0.2, -0.15) is 0 Å². The van der Waals surface area contributed by atoms with Gasteiger partial charge in [0.15, 0.2) is 12.7 Å². The van der Waals surface area contributed by atoms with Gasteiger partial charge in [0.25, 0.3) is 11.8 Å². The van der Waals surface area contributed by atoms with Crippen molar-refractivity contribution in [1.29, 1.82) is 0 Å². The van der Waals surface area contributed by atoms with Crippen LogP contribution in [0.4, 0.5) is 0 Å². The molecule has 0 radical (unpaired) electrons. The number of nitrogens with two attached hydrogens (primary N) is 1. The molecule has 0 aromatic heterocycles. The molecular formula is C26H42N4O8. The lowest BCUT2D eigenvalue weighted by Crippen LogP contribution is -2.45. The number of likely N-dealkylation sites (tertiary alicyclic amines) is 2. The van der Waals surface area contributed by atoms with E-state index in [-0.39, 0.29) is 43.2 Å². The topological polar surface area (TPSA) is 165 Å². The number of carbonyl (C=O) groups excluding carboxylic acids is 6. The Hall–Kier alpha value is -3.18. The number of esters is 2. The van der Waals surface area contributed by atoms with E-state index in [2.05, 4.69) is 5.32 Å². The van der Waals surface area contributed by atoms with E-state index in [0.29, 0.717) is 51.6 Å². The molecule has 0 aromatic carbocycles. The largest absolute Gasteiger partial charge is 0.454 e. The van der Waals surface area contributed by atoms with Crippen molar-refractivity contribution >= 4 is 35.6 Å². The molecule has 214 valence electrons. The number of hydrogen-bond donors (Lipinski definition) is 2. The number of carbonyl (C=O) groups is 6. The van der Waals surface area contributed by atoms with Crippen LogP contribution in [0.1, 0.15) is 79.1 Å². The normalized spacial score (nSPS) is 19.9. The third-order valence-corrected chi connectivity index (χ3v) is 6.65. The number of amides is 4. The second-order valence-corrected chi connectivity index (χ2v) is 10.5. The summed E-state index contributed by atoms with van der Waals surface area (Å²) < 4.78 is 10.4. The molecule has 0 spiro atoms. The second kappa shape index (κ2) is 14.7. The molecule has 3 atom stereocenters. The lowest BCUT2D eigenvalue weighted by atomic mass is 10.1. The summed E-state index contributed by atoms with van der Waals surface area (Å²) in [6.45, 7) is 7.53. The fourth-order valence-corrected chi connectivity index (χ4v) is 4.78. The Morgan fingerprint density at radius 3 is 1.79 bits per heavy atom. The molecule has 2 rings (SSSR count). The first kappa shape index (κ1) is 31.0. The number of nitrogens with one attached hydrogen (secondary N) is 1. The first-order valence-electron chi connectivity index (χ1n) is 13.5. The van der Waals surface area contributed by atoms with Crippen LogP contribution in [0.3, 0.4) is 0 Å². The summed E-state index contributed by atoms with van der Waals surface area (Å²) in [6.07, 6.45) is 2.43. The highest BCUT2D eigenvalue weighted by atomic mass is 16.6. The maximum absolute atomic E-state index is 12.8. The Labute approximate surface area is 223 Å². The van der Waals surface area contributed by atoms with Crippen LogP contribution in [0, 0.1) is 5.92 Å². The van der Waals surface area contributed by atoms with Crippen LogP contribution in [0.25, 0.3) is 0 Å². The third-order valence-electron chi connectivity index (χ3n) is 6.65. The molecule has 0 saturated carbocycles. The number of hydrogen-bond acceptors (Lipinski definition) is 8. The second-order valence-electron chi connectivity index (χ2n) is 10.5. The van der Waals surface area contributed by atoms with Gasteiger partial charge in [-0.1, -0.05) is 13.8 Å². The molecule has 2 fully saturated rings. The minimum Gasteiger partial charge on any atom is -0.454 e. The lowest BCUT2D eigenvalue weighted by Gasteiger charge is -2.26. The molecule has 2 saturated heterocycles. The summed E-state index contributed by atoms with van der Waals surface area (Å²) in [6, 6.07) is -1.52. The van der Waals surface area contributed by atoms with E-state index < -0.39 is 41.9 Å². The van der Waals surface area contributed by atoms with Gasteiger partial charge in [0.2, 0.25) is 11.8 Å². The van der Waals surface area contributed by atoms with Gasteiger partial charge in [-0.05, 0) is 58.3 Å². The third kappa shape index (κ3) is 8.98. The van der Waals surface area contributed by atoms with Gasteiger partial charge in [0, 0.05) is 32.0 Å². The zero-order valence-electron chi connectivity index (χ0n) is 22.9. The van der Waals surface area contributed by atoms with Crippen molar-refractivity contribution in [3.05, 3.63) is 0 Å². The number of nitrogens with zero attached hydrogens (tertiary/aromatic N) is 2. The summed E-state index contributed by atoms with van der Waals surface area (Å²) in [5, 5.41) is 2.64. The molecule has 4 amide bonds. The lowest BCUT2D eigenvalue weighted by molar-refractivity contribution is -0.163. The zero-order valence-corrected chi connectivity index (χ0v) is 22.9. The summed E-state index contributed by atoms with van der Waals surface area (Å²) >= 11 is 0. The van der Waals surface area contributed by atoms with Gasteiger partial charge in [-0.25, -0.2) is 9.59 Å². The predicted octanol–water partition coefficient (Wildman–Crippen LogP) is 0.650. The molecule has 1 unspecified atom stereocenters. The Morgan fingerprint density at radius 2 is 1.34 bits per heavy atom. The molecule has 0 bridgehead atoms. The number of rotatable bonds is 13. The van der Waals surface area contributed by atoms with Crippen LogP contribution >= 0.6 is 0 Å². The van der Waals surface area contributed by atoms with E-state index in [4.69, 9.17) is 15.2 Å². The molecule has 2 aliphatic heterocycles. The Balaban J connectivity index is 1.77. The maximum Gasteiger partial charge on any atom is 0.329 e. The van der Waals surface area contributed by atoms with Gasteiger partial charge < -0.3 is 30.3 Å². The van der Waals surface area contributed by atoms with Crippen LogP contribution in [0.15, 0.2) is 0 Å². The van der Waals surface area contributed by atoms with Gasteiger partial charge in [-0.3, -0.25) is 19.2 Å². The highest BCUT2D eigenvalue weighted by Crippen LogP contribution is 2.23. The summed E-state index contributed by atoms with van der Waals surface area (Å²) in [7, 11) is 0. The average molecular weight is 539 g/mol. The Bertz CT molecular complexity index is 890. The van der Waals surface area contributed by atoms with Crippen LogP contribution < -0.4 is 11.1 Å². The van der Waals surface area contributed by atoms with Crippen molar-refractivity contribution in [1.82, 2.24) is 15.1 Å². The number of ether oxygens (including phenoxy) is 2. The van der Waals surface area contributed by atoms with Crippen LogP contribution in [-0.4, -0.2) is 89.3 Å². The van der Waals surface area contributed by atoms with Gasteiger partial charge in [0.1, 0.15) is 12.1 Å². The molecule has 2 aliphatic rings. The maximum atomic E-state index is 12.8. The van der Waals surface area contributed by atoms with Crippen molar-refractivity contribution in [2.45, 2.75) is 103 Å². The molecular weight excluding hydrogens is 496 g/mol. The van der Waals surface area contributed by atoms with Crippen LogP contribution in [0.5, 0.6) is 0 Å². The SMILES string of the molecule is CC(C)NC(=O)COC(=O)[C@H]1CCCN1C(=O)CCCCC(=O)N1CCC[C@@H]1C(=O)OC(C(N)=O)C(C)C. The fraction of sp³-hybridized carbons (Fsp3) is 0.769. The first-order valence-corrected chi connectivity index (χ1v) is 13.5. The van der Waals surface area contributed by atoms with E-state index in [1.54, 1.807) is 27.7 Å². The van der Waals surface area contributed by atoms with Crippen molar-refractivity contribution in [2.75, 3.05) is 19.7 Å². The highest BCUT2D eigenvalue weighted by molar-refractivity contribution is 5.88. The van der Waals surface area contributed by atoms with Crippen molar-refractivity contribution in [2.24, 2.45) is 11.7 Å². The monoisotopic (exact) mass is 538 g/mol. The van der Waals surface area contributed by atoms with E-state index in [9.17, 15) is 28.8 Å². The first-order chi connectivity index (χ1) is 17.9. The van der Waals surface area contributed by atoms with E-state index in [1.165, 1.54) is 9.80 Å².